The average Bonchev–Trinajstić information content (AvgIpc) is 2.33. The van der Waals surface area contributed by atoms with Crippen LogP contribution < -0.4 is 5.43 Å². The highest BCUT2D eigenvalue weighted by molar-refractivity contribution is 6.35. The Morgan fingerprint density at radius 1 is 1.50 bits per heavy atom. The van der Waals surface area contributed by atoms with Gasteiger partial charge in [0, 0.05) is 12.1 Å². The van der Waals surface area contributed by atoms with E-state index in [1.54, 1.807) is 18.0 Å². The minimum Gasteiger partial charge on any atom is -0.458 e. The first-order valence-corrected chi connectivity index (χ1v) is 5.94. The molecule has 6 heteroatoms. The van der Waals surface area contributed by atoms with Gasteiger partial charge in [0.15, 0.2) is 0 Å². The molecule has 0 aromatic heterocycles. The van der Waals surface area contributed by atoms with Crippen LogP contribution in [0.2, 0.25) is 5.02 Å². The molecule has 2 rings (SSSR count). The Morgan fingerprint density at radius 3 is 2.94 bits per heavy atom. The zero-order chi connectivity index (χ0) is 13.1. The maximum Gasteiger partial charge on any atom is 0.376 e. The van der Waals surface area contributed by atoms with Crippen LogP contribution in [0.1, 0.15) is 5.56 Å². The number of hydrogen-bond donors (Lipinski definition) is 1. The van der Waals surface area contributed by atoms with Gasteiger partial charge in [0.1, 0.15) is 6.61 Å². The number of rotatable bonds is 2. The molecule has 1 heterocycles. The number of hydrogen-bond acceptors (Lipinski definition) is 4. The Balaban J connectivity index is 2.13. The van der Waals surface area contributed by atoms with E-state index in [1.165, 1.54) is 0 Å². The Hall–Kier alpha value is -1.75. The Bertz CT molecular complexity index is 502. The minimum absolute atomic E-state index is 0.262. The van der Waals surface area contributed by atoms with Crippen molar-refractivity contribution >= 4 is 29.1 Å². The van der Waals surface area contributed by atoms with Crippen LogP contribution in [0.25, 0.3) is 0 Å². The summed E-state index contributed by atoms with van der Waals surface area (Å²) < 4.78 is 4.91. The van der Waals surface area contributed by atoms with Crippen molar-refractivity contribution in [1.29, 1.82) is 0 Å². The van der Waals surface area contributed by atoms with Crippen LogP contribution in [0.4, 0.5) is 5.69 Å². The number of morpholine rings is 1. The molecule has 1 fully saturated rings. The van der Waals surface area contributed by atoms with Gasteiger partial charge in [0.25, 0.3) is 0 Å². The van der Waals surface area contributed by atoms with Gasteiger partial charge in [-0.2, -0.15) is 0 Å². The van der Waals surface area contributed by atoms with Crippen molar-refractivity contribution in [2.24, 2.45) is 5.10 Å². The second kappa shape index (κ2) is 5.27. The van der Waals surface area contributed by atoms with E-state index < -0.39 is 5.97 Å². The van der Waals surface area contributed by atoms with Crippen LogP contribution in [-0.2, 0) is 9.53 Å². The first-order valence-electron chi connectivity index (χ1n) is 5.56. The van der Waals surface area contributed by atoms with E-state index in [9.17, 15) is 4.79 Å². The lowest BCUT2D eigenvalue weighted by molar-refractivity contribution is -0.138. The highest BCUT2D eigenvalue weighted by atomic mass is 35.5. The van der Waals surface area contributed by atoms with E-state index in [2.05, 4.69) is 10.5 Å². The number of likely N-dealkylation sites (N-methyl/N-ethyl adjacent to an activating group) is 1. The zero-order valence-corrected chi connectivity index (χ0v) is 11.0. The smallest absolute Gasteiger partial charge is 0.376 e. The Kier molecular flexibility index (Phi) is 3.72. The fourth-order valence-electron chi connectivity index (χ4n) is 1.51. The maximum absolute atomic E-state index is 11.5. The number of esters is 1. The molecular formula is C12H14ClN3O2. The SMILES string of the molecule is Cc1ccc(NN=C2C(=O)OCCN2C)cc1Cl. The summed E-state index contributed by atoms with van der Waals surface area (Å²) in [7, 11) is 1.79. The van der Waals surface area contributed by atoms with Crippen molar-refractivity contribution in [3.8, 4) is 0 Å². The second-order valence-electron chi connectivity index (χ2n) is 4.07. The van der Waals surface area contributed by atoms with Gasteiger partial charge in [-0.15, -0.1) is 5.10 Å². The summed E-state index contributed by atoms with van der Waals surface area (Å²) in [6.07, 6.45) is 0. The van der Waals surface area contributed by atoms with Crippen molar-refractivity contribution < 1.29 is 9.53 Å². The molecule has 1 aliphatic rings. The van der Waals surface area contributed by atoms with Gasteiger partial charge in [0.05, 0.1) is 12.2 Å². The summed E-state index contributed by atoms with van der Waals surface area (Å²) in [5.41, 5.74) is 4.52. The van der Waals surface area contributed by atoms with E-state index in [0.29, 0.717) is 18.2 Å². The van der Waals surface area contributed by atoms with E-state index in [4.69, 9.17) is 16.3 Å². The lowest BCUT2D eigenvalue weighted by Gasteiger charge is -2.24. The van der Waals surface area contributed by atoms with Crippen molar-refractivity contribution in [3.05, 3.63) is 28.8 Å². The molecule has 1 saturated heterocycles. The van der Waals surface area contributed by atoms with Crippen LogP contribution in [-0.4, -0.2) is 36.9 Å². The summed E-state index contributed by atoms with van der Waals surface area (Å²) in [5.74, 6) is -0.160. The Morgan fingerprint density at radius 2 is 2.28 bits per heavy atom. The molecule has 0 atom stereocenters. The van der Waals surface area contributed by atoms with Crippen molar-refractivity contribution in [2.45, 2.75) is 6.92 Å². The van der Waals surface area contributed by atoms with Crippen LogP contribution in [0.15, 0.2) is 23.3 Å². The van der Waals surface area contributed by atoms with Gasteiger partial charge in [-0.3, -0.25) is 5.43 Å². The lowest BCUT2D eigenvalue weighted by Crippen LogP contribution is -2.43. The van der Waals surface area contributed by atoms with E-state index in [0.717, 1.165) is 11.3 Å². The van der Waals surface area contributed by atoms with Crippen LogP contribution in [0, 0.1) is 6.92 Å². The van der Waals surface area contributed by atoms with Gasteiger partial charge >= 0.3 is 5.97 Å². The summed E-state index contributed by atoms with van der Waals surface area (Å²) >= 11 is 6.00. The fourth-order valence-corrected chi connectivity index (χ4v) is 1.69. The molecule has 1 aliphatic heterocycles. The summed E-state index contributed by atoms with van der Waals surface area (Å²) in [6.45, 7) is 2.95. The third kappa shape index (κ3) is 2.73. The first kappa shape index (κ1) is 12.7. The molecule has 18 heavy (non-hydrogen) atoms. The average molecular weight is 268 g/mol. The molecule has 0 unspecified atom stereocenters. The number of carbonyl (C=O) groups is 1. The number of nitrogens with zero attached hydrogens (tertiary/aromatic N) is 2. The molecular weight excluding hydrogens is 254 g/mol. The number of hydrazone groups is 1. The number of aryl methyl sites for hydroxylation is 1. The molecule has 0 amide bonds. The van der Waals surface area contributed by atoms with Crippen molar-refractivity contribution in [2.75, 3.05) is 25.6 Å². The van der Waals surface area contributed by atoms with Gasteiger partial charge in [-0.25, -0.2) is 4.79 Å². The molecule has 96 valence electrons. The number of benzene rings is 1. The molecule has 1 aromatic rings. The second-order valence-corrected chi connectivity index (χ2v) is 4.48. The third-order valence-corrected chi connectivity index (χ3v) is 3.07. The zero-order valence-electron chi connectivity index (χ0n) is 10.2. The largest absolute Gasteiger partial charge is 0.458 e. The number of anilines is 1. The normalized spacial score (nSPS) is 17.8. The number of cyclic esters (lactones) is 1. The predicted molar refractivity (Wildman–Crippen MR) is 70.8 cm³/mol. The lowest BCUT2D eigenvalue weighted by atomic mass is 10.2. The summed E-state index contributed by atoms with van der Waals surface area (Å²) in [4.78, 5) is 13.2. The summed E-state index contributed by atoms with van der Waals surface area (Å²) in [6, 6.07) is 5.49. The van der Waals surface area contributed by atoms with Gasteiger partial charge in [-0.1, -0.05) is 17.7 Å². The number of halogens is 1. The topological polar surface area (TPSA) is 53.9 Å². The molecule has 0 bridgehead atoms. The number of carbonyl (C=O) groups excluding carboxylic acids is 1. The molecule has 1 aromatic carbocycles. The molecule has 0 spiro atoms. The summed E-state index contributed by atoms with van der Waals surface area (Å²) in [5, 5.41) is 4.70. The highest BCUT2D eigenvalue weighted by Gasteiger charge is 2.23. The Labute approximate surface area is 110 Å². The van der Waals surface area contributed by atoms with Crippen molar-refractivity contribution in [3.63, 3.8) is 0 Å². The predicted octanol–water partition coefficient (Wildman–Crippen LogP) is 1.86. The van der Waals surface area contributed by atoms with Gasteiger partial charge in [-0.05, 0) is 24.6 Å². The number of nitrogens with one attached hydrogen (secondary N) is 1. The standard InChI is InChI=1S/C12H14ClN3O2/c1-8-3-4-9(7-10(8)13)14-15-11-12(17)18-6-5-16(11)2/h3-4,7,14H,5-6H2,1-2H3. The third-order valence-electron chi connectivity index (χ3n) is 2.67. The van der Waals surface area contributed by atoms with Crippen LogP contribution >= 0.6 is 11.6 Å². The fraction of sp³-hybridized carbons (Fsp3) is 0.333. The maximum atomic E-state index is 11.5. The first-order chi connectivity index (χ1) is 8.58. The number of amidine groups is 1. The molecule has 0 saturated carbocycles. The van der Waals surface area contributed by atoms with Gasteiger partial charge < -0.3 is 9.64 Å². The van der Waals surface area contributed by atoms with E-state index >= 15 is 0 Å². The number of ether oxygens (including phenoxy) is 1. The van der Waals surface area contributed by atoms with Crippen molar-refractivity contribution in [1.82, 2.24) is 4.90 Å². The van der Waals surface area contributed by atoms with Gasteiger partial charge in [0.2, 0.25) is 5.84 Å². The van der Waals surface area contributed by atoms with Crippen LogP contribution in [0.3, 0.4) is 0 Å². The van der Waals surface area contributed by atoms with E-state index in [1.807, 2.05) is 19.1 Å². The minimum atomic E-state index is -0.422. The monoisotopic (exact) mass is 267 g/mol. The quantitative estimate of drug-likeness (QED) is 0.656. The molecule has 0 radical (unpaired) electrons. The van der Waals surface area contributed by atoms with Crippen LogP contribution in [0.5, 0.6) is 0 Å². The highest BCUT2D eigenvalue weighted by Crippen LogP contribution is 2.20. The molecule has 0 aliphatic carbocycles. The van der Waals surface area contributed by atoms with E-state index in [-0.39, 0.29) is 5.84 Å². The molecule has 1 N–H and O–H groups in total. The molecule has 5 nitrogen and oxygen atoms in total.